The van der Waals surface area contributed by atoms with Gasteiger partial charge in [0.05, 0.1) is 17.8 Å². The lowest BCUT2D eigenvalue weighted by Crippen LogP contribution is -2.23. The van der Waals surface area contributed by atoms with E-state index in [1.807, 2.05) is 49.4 Å². The molecule has 2 unspecified atom stereocenters. The van der Waals surface area contributed by atoms with Crippen LogP contribution in [0.25, 0.3) is 0 Å². The minimum atomic E-state index is -0.266. The van der Waals surface area contributed by atoms with Crippen LogP contribution in [0.1, 0.15) is 48.1 Å². The molecule has 0 aliphatic rings. The van der Waals surface area contributed by atoms with E-state index in [-0.39, 0.29) is 17.1 Å². The summed E-state index contributed by atoms with van der Waals surface area (Å²) >= 11 is 4.89. The molecule has 7 heteroatoms. The quantitative estimate of drug-likeness (QED) is 0.296. The molecule has 0 saturated carbocycles. The molecule has 0 fully saturated rings. The Morgan fingerprint density at radius 2 is 1.77 bits per heavy atom. The van der Waals surface area contributed by atoms with Crippen molar-refractivity contribution in [2.45, 2.75) is 43.3 Å². The molecule has 5 nitrogen and oxygen atoms in total. The van der Waals surface area contributed by atoms with Crippen LogP contribution in [0.2, 0.25) is 0 Å². The highest BCUT2D eigenvalue weighted by Gasteiger charge is 2.25. The molecule has 2 aromatic carbocycles. The molecule has 1 heterocycles. The van der Waals surface area contributed by atoms with E-state index in [1.54, 1.807) is 0 Å². The second-order valence-corrected chi connectivity index (χ2v) is 9.66. The minimum Gasteiger partial charge on any atom is -0.300 e. The van der Waals surface area contributed by atoms with Gasteiger partial charge in [0.2, 0.25) is 0 Å². The largest absolute Gasteiger partial charge is 0.300 e. The number of ketones is 1. The van der Waals surface area contributed by atoms with Gasteiger partial charge >= 0.3 is 0 Å². The zero-order chi connectivity index (χ0) is 21.7. The number of rotatable bonds is 9. The summed E-state index contributed by atoms with van der Waals surface area (Å²) in [6, 6.07) is 17.9. The fourth-order valence-electron chi connectivity index (χ4n) is 3.39. The van der Waals surface area contributed by atoms with Gasteiger partial charge in [-0.05, 0) is 45.1 Å². The predicted octanol–water partition coefficient (Wildman–Crippen LogP) is 5.47. The molecular weight excluding hydrogens is 460 g/mol. The standard InChI is InChI=1S/C23H27BrN4OS/c1-5-20(27(3)4)22-25-26-23(28(22)15-17-9-7-6-8-10-17)30-16(2)21(29)18-11-13-19(24)14-12-18/h6-14,16,20H,5,15H2,1-4H3. The first-order valence-corrected chi connectivity index (χ1v) is 11.7. The molecule has 0 aliphatic carbocycles. The summed E-state index contributed by atoms with van der Waals surface area (Å²) in [6.07, 6.45) is 0.929. The third kappa shape index (κ3) is 5.39. The number of carbonyl (C=O) groups excluding carboxylic acids is 1. The van der Waals surface area contributed by atoms with Crippen LogP contribution in [0.3, 0.4) is 0 Å². The number of benzene rings is 2. The van der Waals surface area contributed by atoms with Crippen LogP contribution in [-0.2, 0) is 6.54 Å². The summed E-state index contributed by atoms with van der Waals surface area (Å²) in [4.78, 5) is 15.1. The summed E-state index contributed by atoms with van der Waals surface area (Å²) in [5.74, 6) is 1.01. The van der Waals surface area contributed by atoms with Crippen molar-refractivity contribution in [1.82, 2.24) is 19.7 Å². The molecule has 0 aliphatic heterocycles. The lowest BCUT2D eigenvalue weighted by Gasteiger charge is -2.23. The van der Waals surface area contributed by atoms with Gasteiger partial charge in [-0.25, -0.2) is 0 Å². The van der Waals surface area contributed by atoms with E-state index >= 15 is 0 Å². The molecular formula is C23H27BrN4OS. The van der Waals surface area contributed by atoms with Crippen molar-refractivity contribution in [2.75, 3.05) is 14.1 Å². The maximum atomic E-state index is 12.9. The lowest BCUT2D eigenvalue weighted by atomic mass is 10.1. The van der Waals surface area contributed by atoms with Crippen molar-refractivity contribution < 1.29 is 4.79 Å². The Hall–Kier alpha value is -1.96. The summed E-state index contributed by atoms with van der Waals surface area (Å²) in [5.41, 5.74) is 1.88. The van der Waals surface area contributed by atoms with Crippen molar-refractivity contribution in [2.24, 2.45) is 0 Å². The summed E-state index contributed by atoms with van der Waals surface area (Å²) in [6.45, 7) is 4.76. The van der Waals surface area contributed by atoms with Gasteiger partial charge in [-0.2, -0.15) is 0 Å². The van der Waals surface area contributed by atoms with Crippen LogP contribution >= 0.6 is 27.7 Å². The number of nitrogens with zero attached hydrogens (tertiary/aromatic N) is 4. The number of thioether (sulfide) groups is 1. The van der Waals surface area contributed by atoms with E-state index < -0.39 is 0 Å². The van der Waals surface area contributed by atoms with Crippen molar-refractivity contribution >= 4 is 33.5 Å². The predicted molar refractivity (Wildman–Crippen MR) is 126 cm³/mol. The Bertz CT molecular complexity index is 973. The second-order valence-electron chi connectivity index (χ2n) is 7.43. The number of aromatic nitrogens is 3. The summed E-state index contributed by atoms with van der Waals surface area (Å²) in [5, 5.41) is 9.52. The van der Waals surface area contributed by atoms with Crippen LogP contribution in [0.15, 0.2) is 64.2 Å². The highest BCUT2D eigenvalue weighted by atomic mass is 79.9. The molecule has 2 atom stereocenters. The van der Waals surface area contributed by atoms with Gasteiger partial charge in [0.15, 0.2) is 16.8 Å². The summed E-state index contributed by atoms with van der Waals surface area (Å²) in [7, 11) is 4.12. The van der Waals surface area contributed by atoms with Crippen molar-refractivity contribution in [3.8, 4) is 0 Å². The number of hydrogen-bond acceptors (Lipinski definition) is 5. The highest BCUT2D eigenvalue weighted by molar-refractivity contribution is 9.10. The van der Waals surface area contributed by atoms with E-state index in [4.69, 9.17) is 0 Å². The third-order valence-electron chi connectivity index (χ3n) is 5.02. The van der Waals surface area contributed by atoms with Crippen LogP contribution in [0, 0.1) is 0 Å². The zero-order valence-corrected chi connectivity index (χ0v) is 20.2. The average Bonchev–Trinajstić information content (AvgIpc) is 3.11. The molecule has 1 aromatic heterocycles. The molecule has 0 N–H and O–H groups in total. The summed E-state index contributed by atoms with van der Waals surface area (Å²) < 4.78 is 3.11. The first-order chi connectivity index (χ1) is 14.4. The first-order valence-electron chi connectivity index (χ1n) is 10.0. The van der Waals surface area contributed by atoms with E-state index in [2.05, 4.69) is 68.7 Å². The molecule has 158 valence electrons. The van der Waals surface area contributed by atoms with E-state index in [9.17, 15) is 4.79 Å². The van der Waals surface area contributed by atoms with Crippen LogP contribution in [0.4, 0.5) is 0 Å². The Labute approximate surface area is 191 Å². The van der Waals surface area contributed by atoms with Gasteiger partial charge < -0.3 is 4.57 Å². The fourth-order valence-corrected chi connectivity index (χ4v) is 4.58. The van der Waals surface area contributed by atoms with E-state index in [1.165, 1.54) is 17.3 Å². The number of Topliss-reactive ketones (excluding diaryl/α,β-unsaturated/α-hetero) is 1. The van der Waals surface area contributed by atoms with Gasteiger partial charge in [-0.1, -0.05) is 77.1 Å². The number of halogens is 1. The van der Waals surface area contributed by atoms with Gasteiger partial charge in [0.25, 0.3) is 0 Å². The normalized spacial score (nSPS) is 13.4. The molecule has 0 radical (unpaired) electrons. The molecule has 0 bridgehead atoms. The number of hydrogen-bond donors (Lipinski definition) is 0. The van der Waals surface area contributed by atoms with E-state index in [0.717, 1.165) is 21.9 Å². The van der Waals surface area contributed by atoms with Crippen LogP contribution in [-0.4, -0.2) is 44.8 Å². The smallest absolute Gasteiger partial charge is 0.192 e. The Kier molecular flexibility index (Phi) is 7.86. The van der Waals surface area contributed by atoms with Gasteiger partial charge in [-0.3, -0.25) is 9.69 Å². The Morgan fingerprint density at radius 1 is 1.10 bits per heavy atom. The fraction of sp³-hybridized carbons (Fsp3) is 0.348. The molecule has 0 saturated heterocycles. The lowest BCUT2D eigenvalue weighted by molar-refractivity contribution is 0.0994. The van der Waals surface area contributed by atoms with Gasteiger partial charge in [-0.15, -0.1) is 10.2 Å². The highest BCUT2D eigenvalue weighted by Crippen LogP contribution is 2.29. The van der Waals surface area contributed by atoms with Gasteiger partial charge in [0, 0.05) is 10.0 Å². The molecule has 0 spiro atoms. The van der Waals surface area contributed by atoms with Crippen molar-refractivity contribution in [1.29, 1.82) is 0 Å². The van der Waals surface area contributed by atoms with Crippen LogP contribution < -0.4 is 0 Å². The maximum Gasteiger partial charge on any atom is 0.192 e. The van der Waals surface area contributed by atoms with E-state index in [0.29, 0.717) is 12.1 Å². The Morgan fingerprint density at radius 3 is 2.37 bits per heavy atom. The number of carbonyl (C=O) groups is 1. The molecule has 0 amide bonds. The monoisotopic (exact) mass is 486 g/mol. The maximum absolute atomic E-state index is 12.9. The third-order valence-corrected chi connectivity index (χ3v) is 6.63. The topological polar surface area (TPSA) is 51.0 Å². The zero-order valence-electron chi connectivity index (χ0n) is 17.7. The molecule has 3 aromatic rings. The second kappa shape index (κ2) is 10.4. The Balaban J connectivity index is 1.90. The molecule has 30 heavy (non-hydrogen) atoms. The average molecular weight is 487 g/mol. The first kappa shape index (κ1) is 22.7. The van der Waals surface area contributed by atoms with Gasteiger partial charge in [0.1, 0.15) is 0 Å². The van der Waals surface area contributed by atoms with Crippen molar-refractivity contribution in [3.63, 3.8) is 0 Å². The SMILES string of the molecule is CCC(c1nnc(SC(C)C(=O)c2ccc(Br)cc2)n1Cc1ccccc1)N(C)C. The van der Waals surface area contributed by atoms with Crippen molar-refractivity contribution in [3.05, 3.63) is 76.0 Å². The molecule has 3 rings (SSSR count). The minimum absolute atomic E-state index is 0.0861. The van der Waals surface area contributed by atoms with Crippen LogP contribution in [0.5, 0.6) is 0 Å².